The zero-order valence-electron chi connectivity index (χ0n) is 11.1. The molecule has 1 atom stereocenters. The lowest BCUT2D eigenvalue weighted by Crippen LogP contribution is -2.13. The number of Topliss-reactive ketones (excluding diaryl/α,β-unsaturated/α-hetero) is 1. The quantitative estimate of drug-likeness (QED) is 0.846. The minimum atomic E-state index is -0.299. The van der Waals surface area contributed by atoms with Gasteiger partial charge < -0.3 is 0 Å². The Balaban J connectivity index is 2.35. The van der Waals surface area contributed by atoms with Crippen LogP contribution < -0.4 is 0 Å². The van der Waals surface area contributed by atoms with E-state index in [1.54, 1.807) is 13.0 Å². The third kappa shape index (κ3) is 3.26. The molecule has 2 nitrogen and oxygen atoms in total. The molecule has 0 bridgehead atoms. The zero-order valence-corrected chi connectivity index (χ0v) is 11.9. The fourth-order valence-corrected chi connectivity index (χ4v) is 2.36. The predicted molar refractivity (Wildman–Crippen MR) is 79.7 cm³/mol. The molecule has 0 radical (unpaired) electrons. The lowest BCUT2D eigenvalue weighted by Gasteiger charge is -2.15. The van der Waals surface area contributed by atoms with Gasteiger partial charge in [-0.15, -0.1) is 0 Å². The van der Waals surface area contributed by atoms with E-state index in [1.165, 1.54) is 0 Å². The molecule has 0 aliphatic carbocycles. The number of carbonyl (C=O) groups excluding carboxylic acids is 1. The highest BCUT2D eigenvalue weighted by Gasteiger charge is 2.20. The van der Waals surface area contributed by atoms with Crippen LogP contribution in [-0.2, 0) is 11.2 Å². The van der Waals surface area contributed by atoms with E-state index in [4.69, 9.17) is 11.6 Å². The monoisotopic (exact) mass is 283 g/mol. The van der Waals surface area contributed by atoms with Gasteiger partial charge in [-0.25, -0.2) is 0 Å². The van der Waals surface area contributed by atoms with Crippen molar-refractivity contribution >= 4 is 17.4 Å². The lowest BCUT2D eigenvalue weighted by molar-refractivity contribution is -0.118. The highest BCUT2D eigenvalue weighted by molar-refractivity contribution is 6.30. The van der Waals surface area contributed by atoms with Crippen LogP contribution in [0, 0.1) is 11.3 Å². The smallest absolute Gasteiger partial charge is 0.137 e. The van der Waals surface area contributed by atoms with Gasteiger partial charge in [0.2, 0.25) is 0 Å². The first-order valence-electron chi connectivity index (χ1n) is 6.35. The SMILES string of the molecule is CC(=O)C(Cc1ccc(Cl)cc1)c1ccccc1C#N. The summed E-state index contributed by atoms with van der Waals surface area (Å²) in [5.41, 5.74) is 2.38. The van der Waals surface area contributed by atoms with Crippen molar-refractivity contribution in [1.82, 2.24) is 0 Å². The molecule has 0 fully saturated rings. The van der Waals surface area contributed by atoms with Crippen molar-refractivity contribution < 1.29 is 4.79 Å². The Morgan fingerprint density at radius 2 is 1.85 bits per heavy atom. The van der Waals surface area contributed by atoms with Crippen LogP contribution in [0.25, 0.3) is 0 Å². The van der Waals surface area contributed by atoms with Gasteiger partial charge >= 0.3 is 0 Å². The van der Waals surface area contributed by atoms with E-state index in [-0.39, 0.29) is 11.7 Å². The summed E-state index contributed by atoms with van der Waals surface area (Å²) >= 11 is 5.87. The molecule has 100 valence electrons. The van der Waals surface area contributed by atoms with E-state index >= 15 is 0 Å². The van der Waals surface area contributed by atoms with Gasteiger partial charge in [0.05, 0.1) is 11.6 Å². The van der Waals surface area contributed by atoms with Crippen molar-refractivity contribution in [3.63, 3.8) is 0 Å². The minimum Gasteiger partial charge on any atom is -0.299 e. The van der Waals surface area contributed by atoms with Crippen molar-refractivity contribution in [1.29, 1.82) is 5.26 Å². The van der Waals surface area contributed by atoms with Crippen LogP contribution >= 0.6 is 11.6 Å². The number of halogens is 1. The summed E-state index contributed by atoms with van der Waals surface area (Å²) < 4.78 is 0. The highest BCUT2D eigenvalue weighted by atomic mass is 35.5. The van der Waals surface area contributed by atoms with Crippen molar-refractivity contribution in [2.75, 3.05) is 0 Å². The van der Waals surface area contributed by atoms with Crippen molar-refractivity contribution in [2.24, 2.45) is 0 Å². The molecule has 0 aliphatic heterocycles. The molecule has 0 aliphatic rings. The summed E-state index contributed by atoms with van der Waals surface area (Å²) in [5.74, 6) is -0.241. The number of hydrogen-bond acceptors (Lipinski definition) is 2. The maximum Gasteiger partial charge on any atom is 0.137 e. The molecule has 0 spiro atoms. The average molecular weight is 284 g/mol. The van der Waals surface area contributed by atoms with Crippen molar-refractivity contribution in [3.8, 4) is 6.07 Å². The first-order valence-corrected chi connectivity index (χ1v) is 6.73. The molecular formula is C17H14ClNO. The molecule has 0 saturated heterocycles. The molecule has 2 rings (SSSR count). The van der Waals surface area contributed by atoms with E-state index in [0.717, 1.165) is 11.1 Å². The van der Waals surface area contributed by atoms with Crippen LogP contribution in [0.15, 0.2) is 48.5 Å². The molecule has 20 heavy (non-hydrogen) atoms. The molecular weight excluding hydrogens is 270 g/mol. The first-order chi connectivity index (χ1) is 9.61. The molecule has 2 aromatic carbocycles. The molecule has 2 aromatic rings. The standard InChI is InChI=1S/C17H14ClNO/c1-12(20)17(10-13-6-8-15(18)9-7-13)16-5-3-2-4-14(16)11-19/h2-9,17H,10H2,1H3. The van der Waals surface area contributed by atoms with Gasteiger partial charge in [0, 0.05) is 10.9 Å². The van der Waals surface area contributed by atoms with Gasteiger partial charge in [0.1, 0.15) is 5.78 Å². The molecule has 0 amide bonds. The number of nitriles is 1. The molecule has 1 unspecified atom stereocenters. The minimum absolute atomic E-state index is 0.0580. The van der Waals surface area contributed by atoms with Crippen LogP contribution in [0.3, 0.4) is 0 Å². The number of benzene rings is 2. The van der Waals surface area contributed by atoms with Gasteiger partial charge in [0.15, 0.2) is 0 Å². The van der Waals surface area contributed by atoms with Gasteiger partial charge in [0.25, 0.3) is 0 Å². The van der Waals surface area contributed by atoms with Crippen LogP contribution in [0.4, 0.5) is 0 Å². The number of hydrogen-bond donors (Lipinski definition) is 0. The van der Waals surface area contributed by atoms with Gasteiger partial charge in [-0.05, 0) is 42.7 Å². The van der Waals surface area contributed by atoms with Crippen LogP contribution in [0.2, 0.25) is 5.02 Å². The van der Waals surface area contributed by atoms with E-state index in [0.29, 0.717) is 17.0 Å². The number of nitrogens with zero attached hydrogens (tertiary/aromatic N) is 1. The van der Waals surface area contributed by atoms with E-state index < -0.39 is 0 Å². The van der Waals surface area contributed by atoms with E-state index in [9.17, 15) is 10.1 Å². The number of rotatable bonds is 4. The Morgan fingerprint density at radius 3 is 2.45 bits per heavy atom. The topological polar surface area (TPSA) is 40.9 Å². The summed E-state index contributed by atoms with van der Waals surface area (Å²) in [5, 5.41) is 9.84. The largest absolute Gasteiger partial charge is 0.299 e. The van der Waals surface area contributed by atoms with Gasteiger partial charge in [-0.3, -0.25) is 4.79 Å². The summed E-state index contributed by atoms with van der Waals surface area (Å²) in [6.45, 7) is 1.56. The Hall–Kier alpha value is -2.11. The summed E-state index contributed by atoms with van der Waals surface area (Å²) in [7, 11) is 0. The molecule has 0 saturated carbocycles. The Kier molecular flexibility index (Phi) is 4.55. The fraction of sp³-hybridized carbons (Fsp3) is 0.176. The van der Waals surface area contributed by atoms with E-state index in [1.807, 2.05) is 42.5 Å². The second-order valence-corrected chi connectivity index (χ2v) is 5.13. The molecule has 0 N–H and O–H groups in total. The number of ketones is 1. The second-order valence-electron chi connectivity index (χ2n) is 4.69. The third-order valence-electron chi connectivity index (χ3n) is 3.30. The van der Waals surface area contributed by atoms with Crippen LogP contribution in [-0.4, -0.2) is 5.78 Å². The third-order valence-corrected chi connectivity index (χ3v) is 3.55. The summed E-state index contributed by atoms with van der Waals surface area (Å²) in [6, 6.07) is 16.8. The van der Waals surface area contributed by atoms with Gasteiger partial charge in [-0.2, -0.15) is 5.26 Å². The fourth-order valence-electron chi connectivity index (χ4n) is 2.23. The maximum atomic E-state index is 11.9. The molecule has 0 aromatic heterocycles. The highest BCUT2D eigenvalue weighted by Crippen LogP contribution is 2.25. The van der Waals surface area contributed by atoms with E-state index in [2.05, 4.69) is 6.07 Å². The molecule has 0 heterocycles. The summed E-state index contributed by atoms with van der Waals surface area (Å²) in [6.07, 6.45) is 0.575. The van der Waals surface area contributed by atoms with Gasteiger partial charge in [-0.1, -0.05) is 41.9 Å². The molecule has 3 heteroatoms. The second kappa shape index (κ2) is 6.36. The van der Waals surface area contributed by atoms with Crippen molar-refractivity contribution in [2.45, 2.75) is 19.3 Å². The Bertz CT molecular complexity index is 655. The average Bonchev–Trinajstić information content (AvgIpc) is 2.46. The Morgan fingerprint density at radius 1 is 1.20 bits per heavy atom. The first kappa shape index (κ1) is 14.3. The lowest BCUT2D eigenvalue weighted by atomic mass is 9.86. The Labute approximate surface area is 123 Å². The van der Waals surface area contributed by atoms with Crippen molar-refractivity contribution in [3.05, 3.63) is 70.2 Å². The summed E-state index contributed by atoms with van der Waals surface area (Å²) in [4.78, 5) is 11.9. The maximum absolute atomic E-state index is 11.9. The normalized spacial score (nSPS) is 11.7. The van der Waals surface area contributed by atoms with Crippen LogP contribution in [0.1, 0.15) is 29.5 Å². The zero-order chi connectivity index (χ0) is 14.5. The van der Waals surface area contributed by atoms with Crippen LogP contribution in [0.5, 0.6) is 0 Å². The predicted octanol–water partition coefficient (Wildman–Crippen LogP) is 4.13. The number of carbonyl (C=O) groups is 1.